The Morgan fingerprint density at radius 1 is 1.19 bits per heavy atom. The van der Waals surface area contributed by atoms with Gasteiger partial charge in [-0.05, 0) is 23.8 Å². The molecule has 0 spiro atoms. The molecule has 0 aliphatic carbocycles. The van der Waals surface area contributed by atoms with Gasteiger partial charge in [0.05, 0.1) is 11.7 Å². The summed E-state index contributed by atoms with van der Waals surface area (Å²) >= 11 is 6.07. The molecule has 1 atom stereocenters. The number of piperazine rings is 1. The van der Waals surface area contributed by atoms with Gasteiger partial charge in [-0.15, -0.1) is 24.0 Å². The van der Waals surface area contributed by atoms with Gasteiger partial charge in [0.15, 0.2) is 5.96 Å². The summed E-state index contributed by atoms with van der Waals surface area (Å²) in [5.41, 5.74) is 2.11. The molecule has 1 N–H and O–H groups in total. The normalized spacial score (nSPS) is 16.1. The van der Waals surface area contributed by atoms with Crippen LogP contribution in [0.2, 0.25) is 5.02 Å². The van der Waals surface area contributed by atoms with Crippen LogP contribution in [0.1, 0.15) is 17.3 Å². The number of hydrogen-bond donors (Lipinski definition) is 1. The first-order valence-electron chi connectivity index (χ1n) is 10.0. The van der Waals surface area contributed by atoms with Crippen molar-refractivity contribution in [2.24, 2.45) is 4.99 Å². The second-order valence-corrected chi connectivity index (χ2v) is 7.67. The topological polar surface area (TPSA) is 74.7 Å². The van der Waals surface area contributed by atoms with Gasteiger partial charge >= 0.3 is 0 Å². The smallest absolute Gasteiger partial charge is 0.193 e. The molecule has 8 nitrogen and oxygen atoms in total. The average Bonchev–Trinajstić information content (AvgIpc) is 3.48. The van der Waals surface area contributed by atoms with Crippen LogP contribution in [0.3, 0.4) is 0 Å². The van der Waals surface area contributed by atoms with Crippen molar-refractivity contribution in [2.45, 2.75) is 12.6 Å². The van der Waals surface area contributed by atoms with Crippen LogP contribution in [-0.4, -0.2) is 70.5 Å². The number of guanidine groups is 1. The molecule has 166 valence electrons. The van der Waals surface area contributed by atoms with Gasteiger partial charge in [0.1, 0.15) is 6.26 Å². The molecule has 0 bridgehead atoms. The first-order chi connectivity index (χ1) is 14.7. The van der Waals surface area contributed by atoms with E-state index in [2.05, 4.69) is 30.4 Å². The standard InChI is InChI=1S/C21H26ClN7O.HI/c1-23-21(28-12-10-27(11-13-28)16-19-7-14-30-26-19)24-15-20(29-9-2-8-25-29)17-3-5-18(22)6-4-17;/h2-9,14,20H,10-13,15-16H2,1H3,(H,23,24);1H. The van der Waals surface area contributed by atoms with Crippen LogP contribution in [0.25, 0.3) is 0 Å². The van der Waals surface area contributed by atoms with E-state index in [0.29, 0.717) is 6.54 Å². The van der Waals surface area contributed by atoms with E-state index in [9.17, 15) is 0 Å². The van der Waals surface area contributed by atoms with Crippen molar-refractivity contribution in [1.29, 1.82) is 0 Å². The van der Waals surface area contributed by atoms with Gasteiger partial charge in [0.25, 0.3) is 0 Å². The molecule has 1 unspecified atom stereocenters. The molecule has 3 heterocycles. The third-order valence-corrected chi connectivity index (χ3v) is 5.56. The van der Waals surface area contributed by atoms with E-state index in [4.69, 9.17) is 16.1 Å². The molecule has 0 saturated carbocycles. The number of aromatic nitrogens is 3. The minimum atomic E-state index is 0. The number of aliphatic imine (C=N–C) groups is 1. The summed E-state index contributed by atoms with van der Waals surface area (Å²) in [5.74, 6) is 0.905. The summed E-state index contributed by atoms with van der Waals surface area (Å²) in [6.45, 7) is 5.21. The minimum absolute atomic E-state index is 0. The zero-order valence-corrected chi connectivity index (χ0v) is 20.5. The van der Waals surface area contributed by atoms with Crippen molar-refractivity contribution in [3.8, 4) is 0 Å². The number of benzene rings is 1. The lowest BCUT2D eigenvalue weighted by Gasteiger charge is -2.36. The third kappa shape index (κ3) is 6.20. The molecule has 1 saturated heterocycles. The zero-order valence-electron chi connectivity index (χ0n) is 17.4. The fourth-order valence-corrected chi connectivity index (χ4v) is 3.83. The molecule has 1 aliphatic heterocycles. The first-order valence-corrected chi connectivity index (χ1v) is 10.4. The summed E-state index contributed by atoms with van der Waals surface area (Å²) in [4.78, 5) is 9.18. The van der Waals surface area contributed by atoms with Gasteiger partial charge in [0.2, 0.25) is 0 Å². The Hall–Kier alpha value is -2.11. The van der Waals surface area contributed by atoms with Crippen LogP contribution in [0.4, 0.5) is 0 Å². The quantitative estimate of drug-likeness (QED) is 0.286. The van der Waals surface area contributed by atoms with E-state index < -0.39 is 0 Å². The second kappa shape index (κ2) is 11.5. The maximum atomic E-state index is 6.07. The largest absolute Gasteiger partial charge is 0.364 e. The molecule has 31 heavy (non-hydrogen) atoms. The molecule has 1 aliphatic rings. The van der Waals surface area contributed by atoms with Gasteiger partial charge in [-0.3, -0.25) is 14.6 Å². The maximum Gasteiger partial charge on any atom is 0.193 e. The number of rotatable bonds is 6. The fourth-order valence-electron chi connectivity index (χ4n) is 3.70. The van der Waals surface area contributed by atoms with Crippen molar-refractivity contribution < 1.29 is 4.52 Å². The SMILES string of the molecule is CN=C(NCC(c1ccc(Cl)cc1)n1cccn1)N1CCN(Cc2ccon2)CC1.I. The molecule has 0 radical (unpaired) electrons. The highest BCUT2D eigenvalue weighted by molar-refractivity contribution is 14.0. The number of hydrogen-bond acceptors (Lipinski definition) is 5. The van der Waals surface area contributed by atoms with Crippen LogP contribution in [0, 0.1) is 0 Å². The van der Waals surface area contributed by atoms with E-state index in [1.807, 2.05) is 54.3 Å². The maximum absolute atomic E-state index is 6.07. The van der Waals surface area contributed by atoms with E-state index >= 15 is 0 Å². The predicted octanol–water partition coefficient (Wildman–Crippen LogP) is 3.13. The highest BCUT2D eigenvalue weighted by atomic mass is 127. The van der Waals surface area contributed by atoms with Crippen molar-refractivity contribution in [2.75, 3.05) is 39.8 Å². The first kappa shape index (κ1) is 23.6. The molecular formula is C21H27ClIN7O. The zero-order chi connectivity index (χ0) is 20.8. The second-order valence-electron chi connectivity index (χ2n) is 7.24. The number of nitrogens with one attached hydrogen (secondary N) is 1. The molecule has 4 rings (SSSR count). The Kier molecular flexibility index (Phi) is 8.73. The van der Waals surface area contributed by atoms with Crippen LogP contribution in [-0.2, 0) is 6.54 Å². The number of nitrogens with zero attached hydrogens (tertiary/aromatic N) is 6. The van der Waals surface area contributed by atoms with E-state index in [0.717, 1.165) is 55.0 Å². The third-order valence-electron chi connectivity index (χ3n) is 5.31. The molecular weight excluding hydrogens is 529 g/mol. The summed E-state index contributed by atoms with van der Waals surface area (Å²) in [5, 5.41) is 12.7. The van der Waals surface area contributed by atoms with Crippen molar-refractivity contribution in [3.05, 3.63) is 71.3 Å². The van der Waals surface area contributed by atoms with Crippen LogP contribution >= 0.6 is 35.6 Å². The lowest BCUT2D eigenvalue weighted by Crippen LogP contribution is -2.52. The summed E-state index contributed by atoms with van der Waals surface area (Å²) < 4.78 is 6.89. The average molecular weight is 556 g/mol. The van der Waals surface area contributed by atoms with Crippen molar-refractivity contribution in [3.63, 3.8) is 0 Å². The summed E-state index contributed by atoms with van der Waals surface area (Å²) in [7, 11) is 1.83. The molecule has 0 amide bonds. The monoisotopic (exact) mass is 555 g/mol. The highest BCUT2D eigenvalue weighted by Gasteiger charge is 2.22. The van der Waals surface area contributed by atoms with Gasteiger partial charge in [-0.25, -0.2) is 0 Å². The lowest BCUT2D eigenvalue weighted by atomic mass is 10.1. The van der Waals surface area contributed by atoms with E-state index in [1.54, 1.807) is 12.5 Å². The summed E-state index contributed by atoms with van der Waals surface area (Å²) in [6, 6.07) is 11.8. The van der Waals surface area contributed by atoms with Gasteiger partial charge in [-0.2, -0.15) is 5.10 Å². The van der Waals surface area contributed by atoms with Crippen LogP contribution in [0.15, 0.2) is 64.6 Å². The van der Waals surface area contributed by atoms with Gasteiger partial charge in [0, 0.05) is 69.8 Å². The van der Waals surface area contributed by atoms with Crippen LogP contribution in [0.5, 0.6) is 0 Å². The molecule has 2 aromatic heterocycles. The highest BCUT2D eigenvalue weighted by Crippen LogP contribution is 2.19. The Bertz CT molecular complexity index is 923. The Morgan fingerprint density at radius 3 is 2.58 bits per heavy atom. The Morgan fingerprint density at radius 2 is 1.97 bits per heavy atom. The lowest BCUT2D eigenvalue weighted by molar-refractivity contribution is 0.169. The Balaban J connectivity index is 0.00000272. The molecule has 1 aromatic carbocycles. The van der Waals surface area contributed by atoms with Crippen molar-refractivity contribution >= 4 is 41.5 Å². The van der Waals surface area contributed by atoms with Crippen molar-refractivity contribution in [1.82, 2.24) is 30.1 Å². The number of halogens is 2. The fraction of sp³-hybridized carbons (Fsp3) is 0.381. The summed E-state index contributed by atoms with van der Waals surface area (Å²) in [6.07, 6.45) is 5.40. The Labute approximate surface area is 204 Å². The van der Waals surface area contributed by atoms with Gasteiger partial charge in [-0.1, -0.05) is 28.9 Å². The predicted molar refractivity (Wildman–Crippen MR) is 132 cm³/mol. The van der Waals surface area contributed by atoms with E-state index in [1.165, 1.54) is 0 Å². The van der Waals surface area contributed by atoms with Gasteiger partial charge < -0.3 is 14.7 Å². The molecule has 3 aromatic rings. The molecule has 1 fully saturated rings. The minimum Gasteiger partial charge on any atom is -0.364 e. The van der Waals surface area contributed by atoms with Crippen LogP contribution < -0.4 is 5.32 Å². The van der Waals surface area contributed by atoms with E-state index in [-0.39, 0.29) is 30.0 Å². The molecule has 10 heteroatoms.